The summed E-state index contributed by atoms with van der Waals surface area (Å²) in [5.41, 5.74) is 7.51. The van der Waals surface area contributed by atoms with Gasteiger partial charge in [-0.05, 0) is 59.2 Å². The standard InChI is InChI=1S/C36H33ClN4O2/c1-41(2,3)24-29-19-18-28-23-40(34-16-10-7-13-26(34)22-39(28)29)36(43)32-20-17-27(21-33(32)37)38-35(42)31-15-9-8-14-30(31)25-11-5-4-6-12-25/h4-21H,22-24H2,1-3H3/p+1. The first-order valence-corrected chi connectivity index (χ1v) is 14.7. The molecule has 0 fully saturated rings. The largest absolute Gasteiger partial charge is 0.338 e. The average Bonchev–Trinajstić information content (AvgIpc) is 3.25. The zero-order valence-corrected chi connectivity index (χ0v) is 25.3. The number of hydrogen-bond donors (Lipinski definition) is 1. The lowest BCUT2D eigenvalue weighted by Crippen LogP contribution is -2.34. The zero-order valence-electron chi connectivity index (χ0n) is 24.5. The molecule has 5 aromatic rings. The third-order valence-electron chi connectivity index (χ3n) is 7.69. The quantitative estimate of drug-likeness (QED) is 0.209. The molecule has 0 spiro atoms. The lowest BCUT2D eigenvalue weighted by Gasteiger charge is -2.25. The van der Waals surface area contributed by atoms with Gasteiger partial charge in [-0.3, -0.25) is 9.59 Å². The predicted molar refractivity (Wildman–Crippen MR) is 174 cm³/mol. The van der Waals surface area contributed by atoms with Gasteiger partial charge in [0.25, 0.3) is 11.8 Å². The van der Waals surface area contributed by atoms with Crippen molar-refractivity contribution in [2.24, 2.45) is 0 Å². The van der Waals surface area contributed by atoms with Crippen LogP contribution in [0.15, 0.2) is 109 Å². The van der Waals surface area contributed by atoms with Crippen LogP contribution < -0.4 is 10.2 Å². The van der Waals surface area contributed by atoms with Gasteiger partial charge >= 0.3 is 0 Å². The zero-order chi connectivity index (χ0) is 30.1. The maximum Gasteiger partial charge on any atom is 0.260 e. The molecular formula is C36H34ClN4O2+. The highest BCUT2D eigenvalue weighted by Crippen LogP contribution is 2.33. The molecule has 0 saturated heterocycles. The molecule has 7 heteroatoms. The highest BCUT2D eigenvalue weighted by atomic mass is 35.5. The first-order valence-electron chi connectivity index (χ1n) is 14.3. The number of halogens is 1. The van der Waals surface area contributed by atoms with Crippen molar-refractivity contribution in [3.05, 3.63) is 142 Å². The molecule has 0 aliphatic carbocycles. The summed E-state index contributed by atoms with van der Waals surface area (Å²) in [5.74, 6) is -0.436. The lowest BCUT2D eigenvalue weighted by molar-refractivity contribution is -0.884. The second-order valence-corrected chi connectivity index (χ2v) is 12.3. The first kappa shape index (κ1) is 28.5. The van der Waals surface area contributed by atoms with Crippen molar-refractivity contribution in [2.45, 2.75) is 19.6 Å². The van der Waals surface area contributed by atoms with E-state index in [4.69, 9.17) is 11.6 Å². The molecule has 1 aliphatic heterocycles. The van der Waals surface area contributed by atoms with Gasteiger partial charge in [-0.2, -0.15) is 0 Å². The number of anilines is 2. The van der Waals surface area contributed by atoms with Crippen molar-refractivity contribution in [3.8, 4) is 11.1 Å². The van der Waals surface area contributed by atoms with Gasteiger partial charge in [-0.1, -0.05) is 78.3 Å². The second-order valence-electron chi connectivity index (χ2n) is 11.9. The molecule has 6 nitrogen and oxygen atoms in total. The minimum absolute atomic E-state index is 0.187. The molecule has 216 valence electrons. The third kappa shape index (κ3) is 5.98. The van der Waals surface area contributed by atoms with E-state index in [-0.39, 0.29) is 16.8 Å². The fourth-order valence-corrected chi connectivity index (χ4v) is 5.95. The van der Waals surface area contributed by atoms with Gasteiger partial charge in [0.2, 0.25) is 0 Å². The van der Waals surface area contributed by atoms with E-state index in [1.807, 2.05) is 66.7 Å². The lowest BCUT2D eigenvalue weighted by atomic mass is 9.99. The summed E-state index contributed by atoms with van der Waals surface area (Å²) in [5, 5.41) is 3.24. The fourth-order valence-electron chi connectivity index (χ4n) is 5.69. The molecule has 0 saturated carbocycles. The van der Waals surface area contributed by atoms with E-state index >= 15 is 0 Å². The van der Waals surface area contributed by atoms with Crippen LogP contribution >= 0.6 is 11.6 Å². The van der Waals surface area contributed by atoms with Crippen LogP contribution in [0.4, 0.5) is 11.4 Å². The number of amides is 2. The Kier molecular flexibility index (Phi) is 7.65. The van der Waals surface area contributed by atoms with Crippen LogP contribution in [0.3, 0.4) is 0 Å². The predicted octanol–water partition coefficient (Wildman–Crippen LogP) is 7.48. The Morgan fingerprint density at radius 2 is 1.51 bits per heavy atom. The van der Waals surface area contributed by atoms with E-state index in [0.717, 1.165) is 39.1 Å². The highest BCUT2D eigenvalue weighted by Gasteiger charge is 2.28. The van der Waals surface area contributed by atoms with Crippen molar-refractivity contribution < 1.29 is 14.1 Å². The Morgan fingerprint density at radius 1 is 0.791 bits per heavy atom. The van der Waals surface area contributed by atoms with Crippen molar-refractivity contribution in [1.29, 1.82) is 0 Å². The minimum atomic E-state index is -0.249. The molecule has 1 N–H and O–H groups in total. The van der Waals surface area contributed by atoms with Gasteiger partial charge in [0, 0.05) is 29.2 Å². The Hall–Kier alpha value is -4.65. The molecule has 0 bridgehead atoms. The number of fused-ring (bicyclic) bond motifs is 2. The van der Waals surface area contributed by atoms with E-state index < -0.39 is 0 Å². The molecule has 2 amide bonds. The topological polar surface area (TPSA) is 54.3 Å². The second kappa shape index (κ2) is 11.6. The summed E-state index contributed by atoms with van der Waals surface area (Å²) < 4.78 is 3.13. The molecule has 2 heterocycles. The maximum atomic E-state index is 14.1. The number of carbonyl (C=O) groups excluding carboxylic acids is 2. The number of carbonyl (C=O) groups is 2. The maximum absolute atomic E-state index is 14.1. The summed E-state index contributed by atoms with van der Waals surface area (Å²) in [7, 11) is 6.53. The molecule has 0 radical (unpaired) electrons. The Bertz CT molecular complexity index is 1820. The van der Waals surface area contributed by atoms with E-state index in [0.29, 0.717) is 29.9 Å². The summed E-state index contributed by atoms with van der Waals surface area (Å²) in [6, 6.07) is 34.7. The monoisotopic (exact) mass is 589 g/mol. The highest BCUT2D eigenvalue weighted by molar-refractivity contribution is 6.35. The number of aromatic nitrogens is 1. The average molecular weight is 590 g/mol. The minimum Gasteiger partial charge on any atom is -0.338 e. The molecule has 6 rings (SSSR count). The summed E-state index contributed by atoms with van der Waals surface area (Å²) in [4.78, 5) is 29.2. The molecular weight excluding hydrogens is 556 g/mol. The van der Waals surface area contributed by atoms with Crippen molar-refractivity contribution in [2.75, 3.05) is 31.4 Å². The van der Waals surface area contributed by atoms with Crippen molar-refractivity contribution in [3.63, 3.8) is 0 Å². The smallest absolute Gasteiger partial charge is 0.260 e. The fraction of sp³-hybridized carbons (Fsp3) is 0.167. The summed E-state index contributed by atoms with van der Waals surface area (Å²) in [6.45, 7) is 2.00. The van der Waals surface area contributed by atoms with Crippen LogP contribution in [0.1, 0.15) is 37.7 Å². The molecule has 1 aromatic heterocycles. The number of rotatable bonds is 6. The van der Waals surface area contributed by atoms with E-state index in [1.165, 1.54) is 5.69 Å². The van der Waals surface area contributed by atoms with Crippen molar-refractivity contribution in [1.82, 2.24) is 4.57 Å². The number of quaternary nitrogens is 1. The van der Waals surface area contributed by atoms with Gasteiger partial charge in [0.05, 0.1) is 44.0 Å². The Morgan fingerprint density at radius 3 is 2.28 bits per heavy atom. The van der Waals surface area contributed by atoms with Crippen LogP contribution in [-0.4, -0.2) is 42.0 Å². The number of hydrogen-bond acceptors (Lipinski definition) is 2. The van der Waals surface area contributed by atoms with Crippen LogP contribution in [0.2, 0.25) is 5.02 Å². The van der Waals surface area contributed by atoms with Crippen LogP contribution in [-0.2, 0) is 19.6 Å². The van der Waals surface area contributed by atoms with Gasteiger partial charge in [0.1, 0.15) is 6.54 Å². The third-order valence-corrected chi connectivity index (χ3v) is 8.00. The summed E-state index contributed by atoms with van der Waals surface area (Å²) >= 11 is 6.74. The van der Waals surface area contributed by atoms with Gasteiger partial charge < -0.3 is 19.3 Å². The number of nitrogens with one attached hydrogen (secondary N) is 1. The molecule has 0 unspecified atom stereocenters. The van der Waals surface area contributed by atoms with Crippen LogP contribution in [0.25, 0.3) is 11.1 Å². The van der Waals surface area contributed by atoms with E-state index in [9.17, 15) is 9.59 Å². The Labute approximate surface area is 257 Å². The van der Waals surface area contributed by atoms with Gasteiger partial charge in [-0.25, -0.2) is 0 Å². The molecule has 4 aromatic carbocycles. The SMILES string of the molecule is C[N+](C)(C)Cc1ccc2n1Cc1ccccc1N(C(=O)c1ccc(NC(=O)c3ccccc3-c3ccccc3)cc1Cl)C2. The Balaban J connectivity index is 1.27. The van der Waals surface area contributed by atoms with Crippen LogP contribution in [0.5, 0.6) is 0 Å². The number of para-hydroxylation sites is 1. The van der Waals surface area contributed by atoms with Crippen molar-refractivity contribution >= 4 is 34.8 Å². The normalized spacial score (nSPS) is 12.7. The van der Waals surface area contributed by atoms with E-state index in [2.05, 4.69) is 49.2 Å². The van der Waals surface area contributed by atoms with Gasteiger partial charge in [0.15, 0.2) is 0 Å². The molecule has 1 aliphatic rings. The molecule has 43 heavy (non-hydrogen) atoms. The first-order chi connectivity index (χ1) is 20.7. The molecule has 0 atom stereocenters. The van der Waals surface area contributed by atoms with Crippen LogP contribution in [0, 0.1) is 0 Å². The number of nitrogens with zero attached hydrogens (tertiary/aromatic N) is 3. The van der Waals surface area contributed by atoms with E-state index in [1.54, 1.807) is 29.2 Å². The van der Waals surface area contributed by atoms with Gasteiger partial charge in [-0.15, -0.1) is 0 Å². The summed E-state index contributed by atoms with van der Waals surface area (Å²) in [6.07, 6.45) is 0. The number of benzene rings is 4.